The summed E-state index contributed by atoms with van der Waals surface area (Å²) >= 11 is 0. The first-order valence-electron chi connectivity index (χ1n) is 8.04. The highest BCUT2D eigenvalue weighted by Crippen LogP contribution is 2.56. The Kier molecular flexibility index (Phi) is 3.38. The molecule has 0 bridgehead atoms. The average Bonchev–Trinajstić information content (AvgIpc) is 3.13. The van der Waals surface area contributed by atoms with Gasteiger partial charge in [0.15, 0.2) is 0 Å². The van der Waals surface area contributed by atoms with Crippen molar-refractivity contribution < 1.29 is 9.47 Å². The van der Waals surface area contributed by atoms with Gasteiger partial charge in [-0.05, 0) is 35.7 Å². The molecular formula is C20H21NO2. The molecule has 0 unspecified atom stereocenters. The van der Waals surface area contributed by atoms with Gasteiger partial charge in [-0.15, -0.1) is 6.58 Å². The van der Waals surface area contributed by atoms with Gasteiger partial charge in [-0.3, -0.25) is 0 Å². The number of allylic oxidation sites excluding steroid dienone is 1. The molecular weight excluding hydrogens is 286 g/mol. The van der Waals surface area contributed by atoms with Gasteiger partial charge in [0.25, 0.3) is 0 Å². The highest BCUT2D eigenvalue weighted by Gasteiger charge is 2.55. The summed E-state index contributed by atoms with van der Waals surface area (Å²) in [6, 6.07) is 16.8. The predicted octanol–water partition coefficient (Wildman–Crippen LogP) is 4.07. The third-order valence-electron chi connectivity index (χ3n) is 5.23. The maximum atomic E-state index is 6.04. The van der Waals surface area contributed by atoms with Gasteiger partial charge in [-0.25, -0.2) is 0 Å². The largest absolute Gasteiger partial charge is 0.497 e. The van der Waals surface area contributed by atoms with Crippen molar-refractivity contribution in [3.63, 3.8) is 0 Å². The molecule has 118 valence electrons. The monoisotopic (exact) mass is 307 g/mol. The number of benzene rings is 2. The number of anilines is 1. The Morgan fingerprint density at radius 3 is 2.87 bits per heavy atom. The molecule has 2 aliphatic heterocycles. The molecule has 3 atom stereocenters. The lowest BCUT2D eigenvalue weighted by Crippen LogP contribution is -2.39. The molecule has 3 nitrogen and oxygen atoms in total. The zero-order chi connectivity index (χ0) is 15.9. The van der Waals surface area contributed by atoms with Crippen LogP contribution in [0.25, 0.3) is 0 Å². The molecule has 2 aliphatic rings. The van der Waals surface area contributed by atoms with Gasteiger partial charge in [0, 0.05) is 11.6 Å². The lowest BCUT2D eigenvalue weighted by Gasteiger charge is -2.35. The number of fused-ring (bicyclic) bond motifs is 3. The van der Waals surface area contributed by atoms with Gasteiger partial charge in [-0.1, -0.05) is 36.4 Å². The van der Waals surface area contributed by atoms with Crippen molar-refractivity contribution in [2.45, 2.75) is 24.0 Å². The van der Waals surface area contributed by atoms with E-state index in [0.29, 0.717) is 0 Å². The Hall–Kier alpha value is -2.26. The third-order valence-corrected chi connectivity index (χ3v) is 5.23. The van der Waals surface area contributed by atoms with E-state index in [1.54, 1.807) is 7.11 Å². The van der Waals surface area contributed by atoms with Gasteiger partial charge >= 0.3 is 0 Å². The lowest BCUT2D eigenvalue weighted by atomic mass is 9.67. The summed E-state index contributed by atoms with van der Waals surface area (Å²) in [7, 11) is 1.71. The smallest absolute Gasteiger partial charge is 0.138 e. The number of hydrogen-bond acceptors (Lipinski definition) is 3. The van der Waals surface area contributed by atoms with Crippen molar-refractivity contribution in [3.8, 4) is 5.75 Å². The van der Waals surface area contributed by atoms with Crippen LogP contribution in [0.2, 0.25) is 0 Å². The molecule has 2 aromatic rings. The number of hydrogen-bond donors (Lipinski definition) is 1. The van der Waals surface area contributed by atoms with Crippen molar-refractivity contribution >= 4 is 5.69 Å². The summed E-state index contributed by atoms with van der Waals surface area (Å²) in [5.74, 6) is 1.07. The SMILES string of the molecule is C=C[C@@H](c1ccccc1)[C@@]12CCO[C@@H]1Nc1ccc(OC)cc12. The van der Waals surface area contributed by atoms with Gasteiger partial charge in [0.2, 0.25) is 0 Å². The molecule has 2 heterocycles. The fourth-order valence-corrected chi connectivity index (χ4v) is 4.16. The van der Waals surface area contributed by atoms with E-state index in [1.807, 2.05) is 12.1 Å². The molecule has 0 aromatic heterocycles. The highest BCUT2D eigenvalue weighted by molar-refractivity contribution is 5.66. The standard InChI is InChI=1S/C20H21NO2/c1-3-16(14-7-5-4-6-8-14)20-11-12-23-19(20)21-18-10-9-15(22-2)13-17(18)20/h3-10,13,16,19,21H,1,11-12H2,2H3/t16-,19-,20+/m0/s1. The van der Waals surface area contributed by atoms with E-state index < -0.39 is 0 Å². The molecule has 1 fully saturated rings. The third kappa shape index (κ3) is 2.00. The first-order chi connectivity index (χ1) is 11.3. The second-order valence-electron chi connectivity index (χ2n) is 6.22. The highest BCUT2D eigenvalue weighted by atomic mass is 16.5. The molecule has 4 rings (SSSR count). The van der Waals surface area contributed by atoms with Crippen LogP contribution >= 0.6 is 0 Å². The number of ether oxygens (including phenoxy) is 2. The first-order valence-corrected chi connectivity index (χ1v) is 8.04. The lowest BCUT2D eigenvalue weighted by molar-refractivity contribution is 0.103. The molecule has 3 heteroatoms. The zero-order valence-electron chi connectivity index (χ0n) is 13.3. The van der Waals surface area contributed by atoms with Crippen LogP contribution in [0.1, 0.15) is 23.5 Å². The quantitative estimate of drug-likeness (QED) is 0.864. The minimum Gasteiger partial charge on any atom is -0.497 e. The molecule has 23 heavy (non-hydrogen) atoms. The van der Waals surface area contributed by atoms with E-state index >= 15 is 0 Å². The van der Waals surface area contributed by atoms with Crippen LogP contribution in [0.5, 0.6) is 5.75 Å². The minimum atomic E-state index is -0.132. The summed E-state index contributed by atoms with van der Waals surface area (Å²) < 4.78 is 11.5. The van der Waals surface area contributed by atoms with Gasteiger partial charge < -0.3 is 14.8 Å². The summed E-state index contributed by atoms with van der Waals surface area (Å²) in [6.07, 6.45) is 3.01. The van der Waals surface area contributed by atoms with Crippen molar-refractivity contribution in [1.29, 1.82) is 0 Å². The van der Waals surface area contributed by atoms with Crippen LogP contribution in [0.15, 0.2) is 61.2 Å². The van der Waals surface area contributed by atoms with Crippen molar-refractivity contribution in [3.05, 3.63) is 72.3 Å². The first kappa shape index (κ1) is 14.3. The maximum absolute atomic E-state index is 6.04. The van der Waals surface area contributed by atoms with E-state index in [4.69, 9.17) is 9.47 Å². The van der Waals surface area contributed by atoms with Gasteiger partial charge in [0.05, 0.1) is 19.1 Å². The van der Waals surface area contributed by atoms with E-state index in [0.717, 1.165) is 24.5 Å². The Bertz CT molecular complexity index is 728. The second kappa shape index (κ2) is 5.43. The average molecular weight is 307 g/mol. The summed E-state index contributed by atoms with van der Waals surface area (Å²) in [5.41, 5.74) is 3.55. The number of rotatable bonds is 4. The van der Waals surface area contributed by atoms with E-state index in [1.165, 1.54) is 11.1 Å². The summed E-state index contributed by atoms with van der Waals surface area (Å²) in [5, 5.41) is 3.55. The fraction of sp³-hybridized carbons (Fsp3) is 0.300. The van der Waals surface area contributed by atoms with E-state index in [-0.39, 0.29) is 17.6 Å². The Labute approximate surface area is 136 Å². The van der Waals surface area contributed by atoms with Crippen molar-refractivity contribution in [2.24, 2.45) is 0 Å². The maximum Gasteiger partial charge on any atom is 0.138 e. The second-order valence-corrected chi connectivity index (χ2v) is 6.22. The van der Waals surface area contributed by atoms with Crippen LogP contribution in [0.3, 0.4) is 0 Å². The van der Waals surface area contributed by atoms with Crippen LogP contribution in [-0.2, 0) is 10.2 Å². The van der Waals surface area contributed by atoms with Crippen LogP contribution in [-0.4, -0.2) is 19.9 Å². The fourth-order valence-electron chi connectivity index (χ4n) is 4.16. The van der Waals surface area contributed by atoms with Crippen molar-refractivity contribution in [1.82, 2.24) is 0 Å². The van der Waals surface area contributed by atoms with Crippen LogP contribution in [0.4, 0.5) is 5.69 Å². The Balaban J connectivity index is 1.89. The van der Waals surface area contributed by atoms with Crippen LogP contribution in [0, 0.1) is 0 Å². The van der Waals surface area contributed by atoms with E-state index in [2.05, 4.69) is 54.4 Å². The number of methoxy groups -OCH3 is 1. The summed E-state index contributed by atoms with van der Waals surface area (Å²) in [4.78, 5) is 0. The van der Waals surface area contributed by atoms with Gasteiger partial charge in [-0.2, -0.15) is 0 Å². The molecule has 2 aromatic carbocycles. The summed E-state index contributed by atoms with van der Waals surface area (Å²) in [6.45, 7) is 4.89. The molecule has 0 radical (unpaired) electrons. The van der Waals surface area contributed by atoms with Gasteiger partial charge in [0.1, 0.15) is 12.0 Å². The zero-order valence-corrected chi connectivity index (χ0v) is 13.3. The minimum absolute atomic E-state index is 0.0205. The Morgan fingerprint density at radius 2 is 2.13 bits per heavy atom. The predicted molar refractivity (Wildman–Crippen MR) is 92.0 cm³/mol. The normalized spacial score (nSPS) is 26.0. The van der Waals surface area contributed by atoms with Crippen LogP contribution < -0.4 is 10.1 Å². The van der Waals surface area contributed by atoms with Crippen molar-refractivity contribution in [2.75, 3.05) is 19.0 Å². The molecule has 1 N–H and O–H groups in total. The molecule has 0 aliphatic carbocycles. The van der Waals surface area contributed by atoms with E-state index in [9.17, 15) is 0 Å². The number of nitrogens with one attached hydrogen (secondary N) is 1. The molecule has 0 saturated carbocycles. The molecule has 0 spiro atoms. The Morgan fingerprint density at radius 1 is 1.30 bits per heavy atom. The molecule has 1 saturated heterocycles. The molecule has 0 amide bonds. The topological polar surface area (TPSA) is 30.5 Å².